The Labute approximate surface area is 98.0 Å². The summed E-state index contributed by atoms with van der Waals surface area (Å²) in [6, 6.07) is 3.92. The third kappa shape index (κ3) is 2.17. The molecule has 92 valence electrons. The Hall–Kier alpha value is -1.43. The van der Waals surface area contributed by atoms with Gasteiger partial charge in [-0.05, 0) is 18.6 Å². The van der Waals surface area contributed by atoms with Crippen molar-refractivity contribution in [1.29, 1.82) is 0 Å². The Morgan fingerprint density at radius 2 is 2.18 bits per heavy atom. The summed E-state index contributed by atoms with van der Waals surface area (Å²) in [5, 5.41) is 8.58. The minimum Gasteiger partial charge on any atom is -0.481 e. The lowest BCUT2D eigenvalue weighted by Gasteiger charge is -2.08. The molecule has 1 aromatic carbocycles. The summed E-state index contributed by atoms with van der Waals surface area (Å²) >= 11 is 0. The monoisotopic (exact) mass is 258 g/mol. The number of hydrogen-bond acceptors (Lipinski definition) is 3. The summed E-state index contributed by atoms with van der Waals surface area (Å²) < 4.78 is 37.1. The lowest BCUT2D eigenvalue weighted by molar-refractivity contribution is -0.137. The van der Waals surface area contributed by atoms with Gasteiger partial charge >= 0.3 is 5.97 Å². The number of fused-ring (bicyclic) bond motifs is 1. The van der Waals surface area contributed by atoms with Crippen molar-refractivity contribution in [3.63, 3.8) is 0 Å². The second-order valence-corrected chi connectivity index (χ2v) is 6.07. The predicted molar refractivity (Wildman–Crippen MR) is 58.1 cm³/mol. The van der Waals surface area contributed by atoms with Crippen LogP contribution in [0.4, 0.5) is 4.39 Å². The van der Waals surface area contributed by atoms with Crippen molar-refractivity contribution in [2.24, 2.45) is 0 Å². The molecule has 1 heterocycles. The minimum atomic E-state index is -3.46. The molecule has 2 rings (SSSR count). The molecule has 1 atom stereocenters. The van der Waals surface area contributed by atoms with Gasteiger partial charge in [0.05, 0.1) is 10.6 Å². The van der Waals surface area contributed by atoms with Gasteiger partial charge in [-0.3, -0.25) is 4.79 Å². The normalized spacial score (nSPS) is 21.1. The fourth-order valence-electron chi connectivity index (χ4n) is 2.15. The first-order chi connectivity index (χ1) is 7.92. The molecule has 4 nitrogen and oxygen atoms in total. The first kappa shape index (κ1) is 12.0. The van der Waals surface area contributed by atoms with Crippen molar-refractivity contribution < 1.29 is 22.7 Å². The zero-order chi connectivity index (χ0) is 12.6. The molecule has 0 spiro atoms. The Morgan fingerprint density at radius 1 is 1.47 bits per heavy atom. The van der Waals surface area contributed by atoms with Crippen LogP contribution in [0.1, 0.15) is 24.3 Å². The fourth-order valence-corrected chi connectivity index (χ4v) is 4.08. The van der Waals surface area contributed by atoms with Gasteiger partial charge in [-0.25, -0.2) is 12.8 Å². The first-order valence-corrected chi connectivity index (χ1v) is 6.80. The van der Waals surface area contributed by atoms with Gasteiger partial charge in [0, 0.05) is 17.9 Å². The van der Waals surface area contributed by atoms with Crippen molar-refractivity contribution in [2.45, 2.75) is 23.7 Å². The molecule has 0 aromatic heterocycles. The summed E-state index contributed by atoms with van der Waals surface area (Å²) in [7, 11) is -3.46. The van der Waals surface area contributed by atoms with Crippen molar-refractivity contribution in [1.82, 2.24) is 0 Å². The maximum Gasteiger partial charge on any atom is 0.303 e. The van der Waals surface area contributed by atoms with Gasteiger partial charge in [0.1, 0.15) is 5.82 Å². The van der Waals surface area contributed by atoms with E-state index in [-0.39, 0.29) is 29.1 Å². The van der Waals surface area contributed by atoms with Crippen LogP contribution in [0.2, 0.25) is 0 Å². The minimum absolute atomic E-state index is 0.00730. The second kappa shape index (κ2) is 4.10. The molecule has 0 saturated carbocycles. The van der Waals surface area contributed by atoms with Crippen molar-refractivity contribution in [3.8, 4) is 0 Å². The summed E-state index contributed by atoms with van der Waals surface area (Å²) in [5.74, 6) is -2.32. The van der Waals surface area contributed by atoms with Crippen molar-refractivity contribution >= 4 is 15.8 Å². The van der Waals surface area contributed by atoms with E-state index in [1.807, 2.05) is 0 Å². The van der Waals surface area contributed by atoms with E-state index >= 15 is 0 Å². The molecule has 17 heavy (non-hydrogen) atoms. The summed E-state index contributed by atoms with van der Waals surface area (Å²) in [5.41, 5.74) is 0.147. The van der Waals surface area contributed by atoms with Crippen LogP contribution >= 0.6 is 0 Å². The highest BCUT2D eigenvalue weighted by Gasteiger charge is 2.36. The van der Waals surface area contributed by atoms with Gasteiger partial charge in [0.25, 0.3) is 0 Å². The maximum absolute atomic E-state index is 13.6. The summed E-state index contributed by atoms with van der Waals surface area (Å²) in [6.07, 6.45) is -0.0174. The highest BCUT2D eigenvalue weighted by molar-refractivity contribution is 7.91. The van der Waals surface area contributed by atoms with E-state index in [0.717, 1.165) is 0 Å². The number of benzene rings is 1. The number of sulfone groups is 1. The molecule has 0 saturated heterocycles. The number of halogens is 1. The molecule has 1 aliphatic heterocycles. The molecule has 0 bridgehead atoms. The molecule has 0 aliphatic carbocycles. The lowest BCUT2D eigenvalue weighted by Crippen LogP contribution is -2.06. The SMILES string of the molecule is O=C(O)CCC1CS(=O)(=O)c2cccc(F)c21. The Morgan fingerprint density at radius 3 is 2.82 bits per heavy atom. The second-order valence-electron chi connectivity index (χ2n) is 4.06. The quantitative estimate of drug-likeness (QED) is 0.893. The van der Waals surface area contributed by atoms with Crippen LogP contribution in [0.3, 0.4) is 0 Å². The number of hydrogen-bond donors (Lipinski definition) is 1. The Bertz CT molecular complexity index is 565. The van der Waals surface area contributed by atoms with E-state index < -0.39 is 27.5 Å². The van der Waals surface area contributed by atoms with Crippen LogP contribution in [0, 0.1) is 5.82 Å². The smallest absolute Gasteiger partial charge is 0.303 e. The lowest BCUT2D eigenvalue weighted by atomic mass is 9.96. The van der Waals surface area contributed by atoms with Gasteiger partial charge in [-0.1, -0.05) is 6.07 Å². The number of carbonyl (C=O) groups is 1. The van der Waals surface area contributed by atoms with Crippen LogP contribution in [-0.4, -0.2) is 25.2 Å². The van der Waals surface area contributed by atoms with Crippen LogP contribution in [-0.2, 0) is 14.6 Å². The highest BCUT2D eigenvalue weighted by atomic mass is 32.2. The van der Waals surface area contributed by atoms with Crippen LogP contribution < -0.4 is 0 Å². The molecule has 6 heteroatoms. The summed E-state index contributed by atoms with van der Waals surface area (Å²) in [6.45, 7) is 0. The van der Waals surface area contributed by atoms with Gasteiger partial charge in [0.2, 0.25) is 0 Å². The molecule has 0 radical (unpaired) electrons. The van der Waals surface area contributed by atoms with Crippen LogP contribution in [0.15, 0.2) is 23.1 Å². The van der Waals surface area contributed by atoms with Crippen molar-refractivity contribution in [2.75, 3.05) is 5.75 Å². The predicted octanol–water partition coefficient (Wildman–Crippen LogP) is 1.56. The maximum atomic E-state index is 13.6. The van der Waals surface area contributed by atoms with E-state index in [1.54, 1.807) is 0 Å². The Balaban J connectivity index is 2.40. The van der Waals surface area contributed by atoms with Gasteiger partial charge < -0.3 is 5.11 Å². The number of carboxylic acid groups (broad SMARTS) is 1. The number of aliphatic carboxylic acids is 1. The van der Waals surface area contributed by atoms with Gasteiger partial charge in [-0.2, -0.15) is 0 Å². The van der Waals surface area contributed by atoms with Crippen LogP contribution in [0.5, 0.6) is 0 Å². The van der Waals surface area contributed by atoms with E-state index in [1.165, 1.54) is 18.2 Å². The molecule has 0 amide bonds. The topological polar surface area (TPSA) is 71.4 Å². The average molecular weight is 258 g/mol. The van der Waals surface area contributed by atoms with E-state index in [2.05, 4.69) is 0 Å². The Kier molecular flexibility index (Phi) is 2.91. The molecule has 1 aliphatic rings. The standard InChI is InChI=1S/C11H11FO4S/c12-8-2-1-3-9-11(8)7(4-5-10(13)14)6-17(9,15)16/h1-3,7H,4-6H2,(H,13,14). The zero-order valence-electron chi connectivity index (χ0n) is 8.89. The fraction of sp³-hybridized carbons (Fsp3) is 0.364. The first-order valence-electron chi connectivity index (χ1n) is 5.15. The molecular formula is C11H11FO4S. The third-order valence-electron chi connectivity index (χ3n) is 2.88. The average Bonchev–Trinajstić information content (AvgIpc) is 2.49. The van der Waals surface area contributed by atoms with Crippen molar-refractivity contribution in [3.05, 3.63) is 29.6 Å². The van der Waals surface area contributed by atoms with E-state index in [0.29, 0.717) is 0 Å². The molecule has 0 fully saturated rings. The van der Waals surface area contributed by atoms with E-state index in [4.69, 9.17) is 5.11 Å². The van der Waals surface area contributed by atoms with Gasteiger partial charge in [-0.15, -0.1) is 0 Å². The van der Waals surface area contributed by atoms with Gasteiger partial charge in [0.15, 0.2) is 9.84 Å². The molecule has 1 unspecified atom stereocenters. The summed E-state index contributed by atoms with van der Waals surface area (Å²) in [4.78, 5) is 10.5. The molecule has 1 N–H and O–H groups in total. The third-order valence-corrected chi connectivity index (χ3v) is 4.75. The number of carboxylic acids is 1. The highest BCUT2D eigenvalue weighted by Crippen LogP contribution is 2.38. The van der Waals surface area contributed by atoms with Crippen LogP contribution in [0.25, 0.3) is 0 Å². The number of rotatable bonds is 3. The molecule has 1 aromatic rings. The largest absolute Gasteiger partial charge is 0.481 e. The molecular weight excluding hydrogens is 247 g/mol. The van der Waals surface area contributed by atoms with E-state index in [9.17, 15) is 17.6 Å². The zero-order valence-corrected chi connectivity index (χ0v) is 9.71.